The molecule has 2 aliphatic rings. The fourth-order valence-corrected chi connectivity index (χ4v) is 2.51. The van der Waals surface area contributed by atoms with E-state index in [-0.39, 0.29) is 23.1 Å². The molecule has 1 aromatic carbocycles. The molecule has 22 heavy (non-hydrogen) atoms. The quantitative estimate of drug-likeness (QED) is 0.474. The molecule has 0 bridgehead atoms. The number of amidine groups is 2. The van der Waals surface area contributed by atoms with Crippen LogP contribution in [-0.4, -0.2) is 39.4 Å². The van der Waals surface area contributed by atoms with E-state index in [0.29, 0.717) is 22.5 Å². The molecule has 1 aromatic rings. The third kappa shape index (κ3) is 2.54. The topological polar surface area (TPSA) is 83.5 Å². The second kappa shape index (κ2) is 5.09. The molecular weight excluding hydrogens is 323 g/mol. The van der Waals surface area contributed by atoms with Gasteiger partial charge in [0.25, 0.3) is 5.69 Å². The molecule has 0 saturated heterocycles. The van der Waals surface area contributed by atoms with Gasteiger partial charge in [-0.05, 0) is 12.1 Å². The van der Waals surface area contributed by atoms with Crippen LogP contribution in [0, 0.1) is 10.1 Å². The van der Waals surface area contributed by atoms with Gasteiger partial charge in [-0.2, -0.15) is 27.7 Å². The number of aliphatic imine (C=N–C) groups is 1. The second-order valence-electron chi connectivity index (χ2n) is 4.27. The molecule has 3 rings (SSSR count). The van der Waals surface area contributed by atoms with Gasteiger partial charge in [-0.3, -0.25) is 15.1 Å². The summed E-state index contributed by atoms with van der Waals surface area (Å²) in [6, 6.07) is 5.36. The number of rotatable bonds is 2. The molecule has 0 N–H and O–H groups in total. The molecule has 0 spiro atoms. The largest absolute Gasteiger partial charge is 0.452 e. The van der Waals surface area contributed by atoms with E-state index in [1.165, 1.54) is 24.3 Å². The van der Waals surface area contributed by atoms with Crippen molar-refractivity contribution in [1.29, 1.82) is 0 Å². The zero-order valence-electron chi connectivity index (χ0n) is 10.6. The van der Waals surface area contributed by atoms with E-state index in [4.69, 9.17) is 0 Å². The molecule has 0 saturated carbocycles. The number of nitrogens with zero attached hydrogens (tertiary/aromatic N) is 5. The van der Waals surface area contributed by atoms with Crippen LogP contribution in [0.1, 0.15) is 5.56 Å². The number of benzene rings is 1. The van der Waals surface area contributed by atoms with Crippen LogP contribution in [0.3, 0.4) is 0 Å². The summed E-state index contributed by atoms with van der Waals surface area (Å²) in [7, 11) is 0. The second-order valence-corrected chi connectivity index (χ2v) is 5.00. The highest BCUT2D eigenvalue weighted by molar-refractivity contribution is 8.13. The van der Waals surface area contributed by atoms with Crippen molar-refractivity contribution in [3.05, 3.63) is 39.9 Å². The third-order valence-corrected chi connectivity index (χ3v) is 3.57. The highest BCUT2D eigenvalue weighted by Gasteiger charge is 2.46. The minimum absolute atomic E-state index is 0.0537. The molecule has 0 aromatic heterocycles. The Balaban J connectivity index is 1.90. The van der Waals surface area contributed by atoms with E-state index in [1.54, 1.807) is 0 Å². The number of hydrogen-bond donors (Lipinski definition) is 0. The summed E-state index contributed by atoms with van der Waals surface area (Å²) in [6.07, 6.45) is -4.63. The van der Waals surface area contributed by atoms with Gasteiger partial charge in [-0.15, -0.1) is 0 Å². The van der Waals surface area contributed by atoms with Gasteiger partial charge < -0.3 is 0 Å². The molecule has 2 aliphatic heterocycles. The number of hydrazone groups is 1. The van der Waals surface area contributed by atoms with Gasteiger partial charge in [0.1, 0.15) is 0 Å². The van der Waals surface area contributed by atoms with E-state index in [0.717, 1.165) is 0 Å². The molecule has 2 heterocycles. The molecular formula is C11H6F3N5O2S. The van der Waals surface area contributed by atoms with Gasteiger partial charge >= 0.3 is 6.18 Å². The first-order valence-corrected chi connectivity index (χ1v) is 6.62. The molecule has 0 unspecified atom stereocenters. The fourth-order valence-electron chi connectivity index (χ4n) is 1.83. The van der Waals surface area contributed by atoms with Crippen LogP contribution in [0.25, 0.3) is 0 Å². The minimum atomic E-state index is -4.63. The van der Waals surface area contributed by atoms with Crippen LogP contribution >= 0.6 is 11.9 Å². The van der Waals surface area contributed by atoms with Crippen molar-refractivity contribution >= 4 is 34.4 Å². The fraction of sp³-hybridized carbons (Fsp3) is 0.182. The Morgan fingerprint density at radius 2 is 1.95 bits per heavy atom. The van der Waals surface area contributed by atoms with Crippen molar-refractivity contribution in [1.82, 2.24) is 5.01 Å². The van der Waals surface area contributed by atoms with Crippen molar-refractivity contribution < 1.29 is 18.1 Å². The van der Waals surface area contributed by atoms with E-state index >= 15 is 0 Å². The van der Waals surface area contributed by atoms with Crippen molar-refractivity contribution in [2.75, 3.05) is 6.54 Å². The smallest absolute Gasteiger partial charge is 0.258 e. The SMILES string of the molecule is O=[N+]([O-])c1ccc(C2=NN3C(=NC2)SN=C3C(F)(F)F)cc1. The number of halogens is 3. The lowest BCUT2D eigenvalue weighted by Gasteiger charge is -2.21. The van der Waals surface area contributed by atoms with E-state index < -0.39 is 16.9 Å². The molecule has 0 fully saturated rings. The van der Waals surface area contributed by atoms with Crippen molar-refractivity contribution in [2.45, 2.75) is 6.18 Å². The van der Waals surface area contributed by atoms with Gasteiger partial charge in [0.05, 0.1) is 29.1 Å². The number of hydrogen-bond acceptors (Lipinski definition) is 7. The lowest BCUT2D eigenvalue weighted by atomic mass is 10.1. The predicted octanol–water partition coefficient (Wildman–Crippen LogP) is 2.59. The van der Waals surface area contributed by atoms with E-state index in [1.807, 2.05) is 0 Å². The summed E-state index contributed by atoms with van der Waals surface area (Å²) in [5, 5.41) is 15.2. The molecule has 0 aliphatic carbocycles. The maximum atomic E-state index is 12.8. The minimum Gasteiger partial charge on any atom is -0.258 e. The highest BCUT2D eigenvalue weighted by Crippen LogP contribution is 2.32. The molecule has 0 radical (unpaired) electrons. The maximum Gasteiger partial charge on any atom is 0.452 e. The Kier molecular flexibility index (Phi) is 3.35. The number of alkyl halides is 3. The van der Waals surface area contributed by atoms with Gasteiger partial charge in [0.2, 0.25) is 11.0 Å². The lowest BCUT2D eigenvalue weighted by Crippen LogP contribution is -2.40. The number of nitro groups is 1. The lowest BCUT2D eigenvalue weighted by molar-refractivity contribution is -0.384. The standard InChI is InChI=1S/C11H6F3N5O2S/c12-11(13,14)9-17-22-10-15-5-8(16-18(9)10)6-1-3-7(4-2-6)19(20)21/h1-4H,5H2. The summed E-state index contributed by atoms with van der Waals surface area (Å²) < 4.78 is 41.8. The summed E-state index contributed by atoms with van der Waals surface area (Å²) >= 11 is 0.612. The van der Waals surface area contributed by atoms with Gasteiger partial charge in [0.15, 0.2) is 0 Å². The molecule has 114 valence electrons. The number of fused-ring (bicyclic) bond motifs is 1. The third-order valence-electron chi connectivity index (χ3n) is 2.85. The summed E-state index contributed by atoms with van der Waals surface area (Å²) in [5.41, 5.74) is 0.628. The molecule has 11 heteroatoms. The predicted molar refractivity (Wildman–Crippen MR) is 74.9 cm³/mol. The normalized spacial score (nSPS) is 17.6. The first-order valence-electron chi connectivity index (χ1n) is 5.85. The Labute approximate surface area is 125 Å². The van der Waals surface area contributed by atoms with Crippen LogP contribution in [0.15, 0.2) is 38.8 Å². The average molecular weight is 329 g/mol. The average Bonchev–Trinajstić information content (AvgIpc) is 2.90. The van der Waals surface area contributed by atoms with Crippen LogP contribution in [0.4, 0.5) is 18.9 Å². The Hall–Kier alpha value is -2.43. The highest BCUT2D eigenvalue weighted by atomic mass is 32.2. The van der Waals surface area contributed by atoms with Gasteiger partial charge in [0, 0.05) is 17.7 Å². The van der Waals surface area contributed by atoms with Crippen molar-refractivity contribution in [3.8, 4) is 0 Å². The van der Waals surface area contributed by atoms with E-state index in [2.05, 4.69) is 14.5 Å². The monoisotopic (exact) mass is 329 g/mol. The zero-order valence-corrected chi connectivity index (χ0v) is 11.4. The summed E-state index contributed by atoms with van der Waals surface area (Å²) in [5.74, 6) is -1.14. The first-order chi connectivity index (χ1) is 10.4. The number of nitro benzene ring substituents is 1. The Morgan fingerprint density at radius 1 is 1.27 bits per heavy atom. The zero-order chi connectivity index (χ0) is 15.9. The van der Waals surface area contributed by atoms with Crippen LogP contribution in [-0.2, 0) is 0 Å². The van der Waals surface area contributed by atoms with Crippen LogP contribution in [0.5, 0.6) is 0 Å². The van der Waals surface area contributed by atoms with Gasteiger partial charge in [-0.25, -0.2) is 0 Å². The molecule has 0 atom stereocenters. The van der Waals surface area contributed by atoms with Crippen LogP contribution < -0.4 is 0 Å². The Morgan fingerprint density at radius 3 is 2.55 bits per heavy atom. The number of non-ortho nitro benzene ring substituents is 1. The maximum absolute atomic E-state index is 12.8. The first kappa shape index (κ1) is 14.5. The van der Waals surface area contributed by atoms with Crippen molar-refractivity contribution in [3.63, 3.8) is 0 Å². The molecule has 0 amide bonds. The van der Waals surface area contributed by atoms with Gasteiger partial charge in [-0.1, -0.05) is 0 Å². The summed E-state index contributed by atoms with van der Waals surface area (Å²) in [4.78, 5) is 14.0. The molecule has 7 nitrogen and oxygen atoms in total. The van der Waals surface area contributed by atoms with Crippen LogP contribution in [0.2, 0.25) is 0 Å². The van der Waals surface area contributed by atoms with Crippen molar-refractivity contribution in [2.24, 2.45) is 14.5 Å². The Bertz CT molecular complexity index is 726. The summed E-state index contributed by atoms with van der Waals surface area (Å²) in [6.45, 7) is 0.0807. The van der Waals surface area contributed by atoms with E-state index in [9.17, 15) is 23.3 Å².